The van der Waals surface area contributed by atoms with E-state index >= 15 is 0 Å². The van der Waals surface area contributed by atoms with E-state index in [1.807, 2.05) is 24.5 Å². The average molecular weight is 381 g/mol. The topological polar surface area (TPSA) is 83.6 Å². The molecule has 0 amide bonds. The molecule has 144 valence electrons. The molecule has 2 unspecified atom stereocenters. The van der Waals surface area contributed by atoms with Gasteiger partial charge in [-0.05, 0) is 44.7 Å². The quantitative estimate of drug-likeness (QED) is 0.434. The summed E-state index contributed by atoms with van der Waals surface area (Å²) in [5, 5.41) is 14.4. The molecule has 0 bridgehead atoms. The first-order valence-electron chi connectivity index (χ1n) is 8.82. The SMILES string of the molecule is CCOC(=O)c1cc2c(OCC(O)CNC(C)(CC)SC)cccc2[nH]1. The summed E-state index contributed by atoms with van der Waals surface area (Å²) in [6, 6.07) is 7.25. The Labute approximate surface area is 158 Å². The summed E-state index contributed by atoms with van der Waals surface area (Å²) in [5.41, 5.74) is 1.18. The number of carbonyl (C=O) groups is 1. The molecule has 2 rings (SSSR count). The summed E-state index contributed by atoms with van der Waals surface area (Å²) < 4.78 is 10.8. The molecule has 0 saturated heterocycles. The van der Waals surface area contributed by atoms with Crippen molar-refractivity contribution in [2.75, 3.05) is 26.0 Å². The van der Waals surface area contributed by atoms with Crippen LogP contribution in [-0.2, 0) is 4.74 Å². The van der Waals surface area contributed by atoms with E-state index in [1.54, 1.807) is 24.8 Å². The number of rotatable bonds is 10. The zero-order valence-electron chi connectivity index (χ0n) is 15.8. The van der Waals surface area contributed by atoms with Crippen LogP contribution in [-0.4, -0.2) is 53.0 Å². The minimum absolute atomic E-state index is 0.0594. The lowest BCUT2D eigenvalue weighted by Crippen LogP contribution is -2.44. The number of benzene rings is 1. The molecule has 0 aliphatic heterocycles. The second-order valence-corrected chi connectivity index (χ2v) is 7.56. The molecule has 1 aromatic heterocycles. The van der Waals surface area contributed by atoms with Crippen molar-refractivity contribution in [3.63, 3.8) is 0 Å². The summed E-state index contributed by atoms with van der Waals surface area (Å²) in [6.07, 6.45) is 2.38. The third-order valence-electron chi connectivity index (χ3n) is 4.39. The van der Waals surface area contributed by atoms with Crippen LogP contribution in [0.1, 0.15) is 37.7 Å². The van der Waals surface area contributed by atoms with Gasteiger partial charge in [0.2, 0.25) is 0 Å². The lowest BCUT2D eigenvalue weighted by molar-refractivity contribution is 0.0520. The fourth-order valence-corrected chi connectivity index (χ4v) is 3.01. The average Bonchev–Trinajstić information content (AvgIpc) is 3.09. The van der Waals surface area contributed by atoms with E-state index < -0.39 is 12.1 Å². The largest absolute Gasteiger partial charge is 0.490 e. The number of aliphatic hydroxyl groups is 1. The van der Waals surface area contributed by atoms with Crippen molar-refractivity contribution >= 4 is 28.6 Å². The third kappa shape index (κ3) is 5.16. The van der Waals surface area contributed by atoms with Gasteiger partial charge in [-0.1, -0.05) is 13.0 Å². The zero-order valence-corrected chi connectivity index (χ0v) is 16.6. The Morgan fingerprint density at radius 2 is 2.19 bits per heavy atom. The van der Waals surface area contributed by atoms with Crippen molar-refractivity contribution < 1.29 is 19.4 Å². The maximum atomic E-state index is 11.9. The van der Waals surface area contributed by atoms with Gasteiger partial charge >= 0.3 is 5.97 Å². The number of hydrogen-bond acceptors (Lipinski definition) is 6. The van der Waals surface area contributed by atoms with Crippen molar-refractivity contribution in [1.82, 2.24) is 10.3 Å². The number of aliphatic hydroxyl groups excluding tert-OH is 1. The molecular weight excluding hydrogens is 352 g/mol. The predicted octanol–water partition coefficient (Wildman–Crippen LogP) is 3.16. The van der Waals surface area contributed by atoms with Gasteiger partial charge in [-0.15, -0.1) is 11.8 Å². The molecule has 0 saturated carbocycles. The smallest absolute Gasteiger partial charge is 0.354 e. The molecular formula is C19H28N2O4S. The second-order valence-electron chi connectivity index (χ2n) is 6.26. The normalized spacial score (nSPS) is 14.8. The molecule has 0 aliphatic rings. The van der Waals surface area contributed by atoms with E-state index in [1.165, 1.54) is 0 Å². The summed E-state index contributed by atoms with van der Waals surface area (Å²) in [4.78, 5) is 14.9. The van der Waals surface area contributed by atoms with Crippen molar-refractivity contribution in [2.24, 2.45) is 0 Å². The minimum Gasteiger partial charge on any atom is -0.490 e. The Bertz CT molecular complexity index is 727. The number of fused-ring (bicyclic) bond motifs is 1. The minimum atomic E-state index is -0.633. The van der Waals surface area contributed by atoms with Gasteiger partial charge in [-0.2, -0.15) is 0 Å². The monoisotopic (exact) mass is 380 g/mol. The number of aromatic nitrogens is 1. The lowest BCUT2D eigenvalue weighted by Gasteiger charge is -2.28. The Balaban J connectivity index is 2.01. The highest BCUT2D eigenvalue weighted by molar-refractivity contribution is 7.99. The Hall–Kier alpha value is -1.70. The number of esters is 1. The first kappa shape index (κ1) is 20.6. The highest BCUT2D eigenvalue weighted by Gasteiger charge is 2.21. The van der Waals surface area contributed by atoms with E-state index in [0.29, 0.717) is 24.6 Å². The van der Waals surface area contributed by atoms with Gasteiger partial charge in [-0.3, -0.25) is 0 Å². The fraction of sp³-hybridized carbons (Fsp3) is 0.526. The Morgan fingerprint density at radius 3 is 2.85 bits per heavy atom. The van der Waals surface area contributed by atoms with Crippen LogP contribution in [0.25, 0.3) is 10.9 Å². The summed E-state index contributed by atoms with van der Waals surface area (Å²) in [6.45, 7) is 6.93. The van der Waals surface area contributed by atoms with E-state index in [9.17, 15) is 9.90 Å². The van der Waals surface area contributed by atoms with E-state index in [-0.39, 0.29) is 11.5 Å². The first-order chi connectivity index (χ1) is 12.4. The van der Waals surface area contributed by atoms with E-state index in [0.717, 1.165) is 17.3 Å². The van der Waals surface area contributed by atoms with Gasteiger partial charge in [0, 0.05) is 17.4 Å². The molecule has 1 aromatic carbocycles. The number of nitrogens with one attached hydrogen (secondary N) is 2. The maximum Gasteiger partial charge on any atom is 0.354 e. The maximum absolute atomic E-state index is 11.9. The summed E-state index contributed by atoms with van der Waals surface area (Å²) >= 11 is 1.73. The standard InChI is InChI=1S/C19H28N2O4S/c1-5-19(3,26-4)20-11-13(22)12-25-17-9-7-8-15-14(17)10-16(21-15)18(23)24-6-2/h7-10,13,20-22H,5-6,11-12H2,1-4H3. The van der Waals surface area contributed by atoms with Gasteiger partial charge in [0.15, 0.2) is 0 Å². The van der Waals surface area contributed by atoms with Crippen LogP contribution in [0.3, 0.4) is 0 Å². The molecule has 2 aromatic rings. The van der Waals surface area contributed by atoms with Gasteiger partial charge in [0.1, 0.15) is 24.2 Å². The highest BCUT2D eigenvalue weighted by atomic mass is 32.2. The van der Waals surface area contributed by atoms with Crippen molar-refractivity contribution in [2.45, 2.75) is 38.2 Å². The Morgan fingerprint density at radius 1 is 1.42 bits per heavy atom. The summed E-state index contributed by atoms with van der Waals surface area (Å²) in [7, 11) is 0. The van der Waals surface area contributed by atoms with Crippen LogP contribution in [0.15, 0.2) is 24.3 Å². The summed E-state index contributed by atoms with van der Waals surface area (Å²) in [5.74, 6) is 0.228. The number of hydrogen-bond donors (Lipinski definition) is 3. The van der Waals surface area contributed by atoms with Gasteiger partial charge in [0.05, 0.1) is 11.5 Å². The van der Waals surface area contributed by atoms with Crippen LogP contribution in [0, 0.1) is 0 Å². The van der Waals surface area contributed by atoms with Crippen LogP contribution >= 0.6 is 11.8 Å². The second kappa shape index (κ2) is 9.30. The molecule has 0 aliphatic carbocycles. The van der Waals surface area contributed by atoms with Gasteiger partial charge in [0.25, 0.3) is 0 Å². The molecule has 0 spiro atoms. The molecule has 3 N–H and O–H groups in total. The molecule has 1 heterocycles. The van der Waals surface area contributed by atoms with Gasteiger partial charge in [-0.25, -0.2) is 4.79 Å². The van der Waals surface area contributed by atoms with Crippen LogP contribution in [0.4, 0.5) is 0 Å². The number of carbonyl (C=O) groups excluding carboxylic acids is 1. The van der Waals surface area contributed by atoms with E-state index in [4.69, 9.17) is 9.47 Å². The molecule has 26 heavy (non-hydrogen) atoms. The fourth-order valence-electron chi connectivity index (χ4n) is 2.49. The number of ether oxygens (including phenoxy) is 2. The lowest BCUT2D eigenvalue weighted by atomic mass is 10.2. The molecule has 6 nitrogen and oxygen atoms in total. The van der Waals surface area contributed by atoms with Crippen LogP contribution in [0.2, 0.25) is 0 Å². The van der Waals surface area contributed by atoms with Crippen molar-refractivity contribution in [3.05, 3.63) is 30.0 Å². The Kier molecular flexibility index (Phi) is 7.37. The van der Waals surface area contributed by atoms with Crippen LogP contribution < -0.4 is 10.1 Å². The van der Waals surface area contributed by atoms with Crippen molar-refractivity contribution in [1.29, 1.82) is 0 Å². The molecule has 2 atom stereocenters. The van der Waals surface area contributed by atoms with Gasteiger partial charge < -0.3 is 24.9 Å². The van der Waals surface area contributed by atoms with Crippen LogP contribution in [0.5, 0.6) is 5.75 Å². The highest BCUT2D eigenvalue weighted by Crippen LogP contribution is 2.27. The third-order valence-corrected chi connectivity index (χ3v) is 5.72. The number of thioether (sulfide) groups is 1. The number of H-pyrrole nitrogens is 1. The first-order valence-corrected chi connectivity index (χ1v) is 10.0. The molecule has 0 radical (unpaired) electrons. The zero-order chi connectivity index (χ0) is 19.2. The predicted molar refractivity (Wildman–Crippen MR) is 106 cm³/mol. The van der Waals surface area contributed by atoms with Crippen molar-refractivity contribution in [3.8, 4) is 5.75 Å². The molecule has 0 fully saturated rings. The van der Waals surface area contributed by atoms with E-state index in [2.05, 4.69) is 24.1 Å². The molecule has 7 heteroatoms. The number of aromatic amines is 1.